The Balaban J connectivity index is 1.92. The minimum atomic E-state index is 0.589. The lowest BCUT2D eigenvalue weighted by atomic mass is 10.1. The predicted octanol–water partition coefficient (Wildman–Crippen LogP) is 4.45. The molecule has 3 aromatic rings. The van der Waals surface area contributed by atoms with E-state index in [4.69, 9.17) is 5.73 Å². The molecule has 0 aliphatic rings. The Hall–Kier alpha value is -1.77. The summed E-state index contributed by atoms with van der Waals surface area (Å²) >= 11 is 1.78. The van der Waals surface area contributed by atoms with Gasteiger partial charge in [0, 0.05) is 16.3 Å². The van der Waals surface area contributed by atoms with E-state index in [2.05, 4.69) is 66.7 Å². The fourth-order valence-electron chi connectivity index (χ4n) is 2.10. The molecule has 0 unspecified atom stereocenters. The second-order valence-corrected chi connectivity index (χ2v) is 5.61. The quantitative estimate of drug-likeness (QED) is 0.757. The standard InChI is InChI=1S/C17H15NS/c18-12-13-4-3-7-16(10-13)19-17-9-8-14-5-1-2-6-15(14)11-17/h1-11H,12,18H2. The zero-order valence-corrected chi connectivity index (χ0v) is 11.4. The Morgan fingerprint density at radius 1 is 0.737 bits per heavy atom. The van der Waals surface area contributed by atoms with Crippen molar-refractivity contribution < 1.29 is 0 Å². The van der Waals surface area contributed by atoms with Gasteiger partial charge >= 0.3 is 0 Å². The minimum absolute atomic E-state index is 0.589. The number of nitrogens with two attached hydrogens (primary N) is 1. The van der Waals surface area contributed by atoms with Crippen LogP contribution in [-0.2, 0) is 6.54 Å². The van der Waals surface area contributed by atoms with Crippen molar-refractivity contribution in [2.45, 2.75) is 16.3 Å². The molecule has 0 atom stereocenters. The fourth-order valence-corrected chi connectivity index (χ4v) is 3.05. The van der Waals surface area contributed by atoms with Crippen molar-refractivity contribution in [2.75, 3.05) is 0 Å². The summed E-state index contributed by atoms with van der Waals surface area (Å²) in [6.07, 6.45) is 0. The van der Waals surface area contributed by atoms with Crippen LogP contribution in [0.3, 0.4) is 0 Å². The summed E-state index contributed by atoms with van der Waals surface area (Å²) in [6.45, 7) is 0.589. The summed E-state index contributed by atoms with van der Waals surface area (Å²) in [5, 5.41) is 2.56. The molecule has 3 rings (SSSR count). The van der Waals surface area contributed by atoms with Crippen LogP contribution in [-0.4, -0.2) is 0 Å². The molecule has 0 amide bonds. The number of benzene rings is 3. The Labute approximate surface area is 117 Å². The van der Waals surface area contributed by atoms with Gasteiger partial charge in [-0.05, 0) is 40.6 Å². The van der Waals surface area contributed by atoms with Crippen LogP contribution in [0, 0.1) is 0 Å². The molecule has 0 radical (unpaired) electrons. The van der Waals surface area contributed by atoms with Crippen molar-refractivity contribution in [1.29, 1.82) is 0 Å². The van der Waals surface area contributed by atoms with Gasteiger partial charge in [0.2, 0.25) is 0 Å². The van der Waals surface area contributed by atoms with Crippen LogP contribution in [0.2, 0.25) is 0 Å². The number of fused-ring (bicyclic) bond motifs is 1. The Kier molecular flexibility index (Phi) is 3.53. The van der Waals surface area contributed by atoms with Crippen molar-refractivity contribution in [3.8, 4) is 0 Å². The molecule has 94 valence electrons. The van der Waals surface area contributed by atoms with E-state index in [1.807, 2.05) is 0 Å². The third-order valence-corrected chi connectivity index (χ3v) is 4.07. The maximum atomic E-state index is 5.68. The monoisotopic (exact) mass is 265 g/mol. The van der Waals surface area contributed by atoms with Crippen LogP contribution < -0.4 is 5.73 Å². The first kappa shape index (κ1) is 12.3. The highest BCUT2D eigenvalue weighted by Crippen LogP contribution is 2.30. The Morgan fingerprint density at radius 2 is 1.53 bits per heavy atom. The smallest absolute Gasteiger partial charge is 0.0178 e. The van der Waals surface area contributed by atoms with Crippen molar-refractivity contribution in [1.82, 2.24) is 0 Å². The van der Waals surface area contributed by atoms with E-state index >= 15 is 0 Å². The van der Waals surface area contributed by atoms with E-state index in [0.29, 0.717) is 6.54 Å². The lowest BCUT2D eigenvalue weighted by Crippen LogP contribution is -1.95. The molecule has 0 aromatic heterocycles. The van der Waals surface area contributed by atoms with Gasteiger partial charge < -0.3 is 5.73 Å². The predicted molar refractivity (Wildman–Crippen MR) is 82.4 cm³/mol. The molecule has 1 nitrogen and oxygen atoms in total. The summed E-state index contributed by atoms with van der Waals surface area (Å²) in [6, 6.07) is 23.4. The first-order valence-corrected chi connectivity index (χ1v) is 7.12. The molecule has 0 saturated heterocycles. The number of hydrogen-bond donors (Lipinski definition) is 1. The van der Waals surface area contributed by atoms with Crippen LogP contribution >= 0.6 is 11.8 Å². The van der Waals surface area contributed by atoms with Crippen LogP contribution in [0.25, 0.3) is 10.8 Å². The lowest BCUT2D eigenvalue weighted by Gasteiger charge is -2.05. The van der Waals surface area contributed by atoms with Crippen LogP contribution in [0.15, 0.2) is 76.5 Å². The van der Waals surface area contributed by atoms with Gasteiger partial charge in [-0.1, -0.05) is 54.2 Å². The normalized spacial score (nSPS) is 10.8. The van der Waals surface area contributed by atoms with Crippen LogP contribution in [0.1, 0.15) is 5.56 Å². The summed E-state index contributed by atoms with van der Waals surface area (Å²) in [7, 11) is 0. The van der Waals surface area contributed by atoms with Gasteiger partial charge in [0.25, 0.3) is 0 Å². The van der Waals surface area contributed by atoms with E-state index in [-0.39, 0.29) is 0 Å². The summed E-state index contributed by atoms with van der Waals surface area (Å²) < 4.78 is 0. The van der Waals surface area contributed by atoms with Gasteiger partial charge in [0.05, 0.1) is 0 Å². The molecule has 2 N–H and O–H groups in total. The Morgan fingerprint density at radius 3 is 2.37 bits per heavy atom. The molecule has 0 heterocycles. The maximum absolute atomic E-state index is 5.68. The van der Waals surface area contributed by atoms with E-state index in [1.54, 1.807) is 11.8 Å². The lowest BCUT2D eigenvalue weighted by molar-refractivity contribution is 1.06. The summed E-state index contributed by atoms with van der Waals surface area (Å²) in [4.78, 5) is 2.49. The van der Waals surface area contributed by atoms with E-state index < -0.39 is 0 Å². The molecule has 2 heteroatoms. The Bertz CT molecular complexity index is 706. The highest BCUT2D eigenvalue weighted by atomic mass is 32.2. The SMILES string of the molecule is NCc1cccc(Sc2ccc3ccccc3c2)c1. The molecule has 0 bridgehead atoms. The van der Waals surface area contributed by atoms with Gasteiger partial charge in [-0.3, -0.25) is 0 Å². The highest BCUT2D eigenvalue weighted by molar-refractivity contribution is 7.99. The maximum Gasteiger partial charge on any atom is 0.0178 e. The first-order valence-electron chi connectivity index (χ1n) is 6.31. The molecule has 0 fully saturated rings. The minimum Gasteiger partial charge on any atom is -0.326 e. The van der Waals surface area contributed by atoms with E-state index in [0.717, 1.165) is 0 Å². The highest BCUT2D eigenvalue weighted by Gasteiger charge is 2.00. The van der Waals surface area contributed by atoms with Crippen molar-refractivity contribution >= 4 is 22.5 Å². The first-order chi connectivity index (χ1) is 9.35. The van der Waals surface area contributed by atoms with Gasteiger partial charge in [0.1, 0.15) is 0 Å². The zero-order chi connectivity index (χ0) is 13.1. The molecule has 0 spiro atoms. The average molecular weight is 265 g/mol. The molecule has 0 aliphatic heterocycles. The van der Waals surface area contributed by atoms with Gasteiger partial charge in [0.15, 0.2) is 0 Å². The topological polar surface area (TPSA) is 26.0 Å². The molecular weight excluding hydrogens is 250 g/mol. The largest absolute Gasteiger partial charge is 0.326 e. The van der Waals surface area contributed by atoms with Crippen molar-refractivity contribution in [3.05, 3.63) is 72.3 Å². The van der Waals surface area contributed by atoms with E-state index in [9.17, 15) is 0 Å². The second kappa shape index (κ2) is 5.47. The summed E-state index contributed by atoms with van der Waals surface area (Å²) in [5.41, 5.74) is 6.85. The van der Waals surface area contributed by atoms with Crippen LogP contribution in [0.5, 0.6) is 0 Å². The summed E-state index contributed by atoms with van der Waals surface area (Å²) in [5.74, 6) is 0. The third-order valence-electron chi connectivity index (χ3n) is 3.09. The molecule has 19 heavy (non-hydrogen) atoms. The average Bonchev–Trinajstić information content (AvgIpc) is 2.47. The molecule has 3 aromatic carbocycles. The fraction of sp³-hybridized carbons (Fsp3) is 0.0588. The van der Waals surface area contributed by atoms with Gasteiger partial charge in [-0.15, -0.1) is 0 Å². The molecule has 0 aliphatic carbocycles. The van der Waals surface area contributed by atoms with E-state index in [1.165, 1.54) is 26.1 Å². The third kappa shape index (κ3) is 2.80. The zero-order valence-electron chi connectivity index (χ0n) is 10.5. The molecule has 0 saturated carbocycles. The van der Waals surface area contributed by atoms with Crippen molar-refractivity contribution in [3.63, 3.8) is 0 Å². The van der Waals surface area contributed by atoms with Crippen molar-refractivity contribution in [2.24, 2.45) is 5.73 Å². The number of hydrogen-bond acceptors (Lipinski definition) is 2. The number of rotatable bonds is 3. The second-order valence-electron chi connectivity index (χ2n) is 4.46. The van der Waals surface area contributed by atoms with Gasteiger partial charge in [-0.2, -0.15) is 0 Å². The molecular formula is C17H15NS. The van der Waals surface area contributed by atoms with Crippen LogP contribution in [0.4, 0.5) is 0 Å². The van der Waals surface area contributed by atoms with Gasteiger partial charge in [-0.25, -0.2) is 0 Å².